The number of nitrogens with one attached hydrogen (secondary N) is 1. The maximum Gasteiger partial charge on any atom is 0.248 e. The molecule has 0 saturated carbocycles. The van der Waals surface area contributed by atoms with Gasteiger partial charge in [-0.25, -0.2) is 0 Å². The first-order valence-corrected chi connectivity index (χ1v) is 7.04. The third kappa shape index (κ3) is 2.13. The lowest BCUT2D eigenvalue weighted by Gasteiger charge is -2.38. The molecule has 5 nitrogen and oxygen atoms in total. The average molecular weight is 273 g/mol. The van der Waals surface area contributed by atoms with Crippen LogP contribution in [-0.2, 0) is 4.79 Å². The lowest BCUT2D eigenvalue weighted by atomic mass is 9.77. The molecule has 0 bridgehead atoms. The summed E-state index contributed by atoms with van der Waals surface area (Å²) in [6.07, 6.45) is 2.76. The Morgan fingerprint density at radius 1 is 1.15 bits per heavy atom. The molecule has 2 aliphatic heterocycles. The second-order valence-corrected chi connectivity index (χ2v) is 5.68. The Morgan fingerprint density at radius 2 is 1.80 bits per heavy atom. The van der Waals surface area contributed by atoms with Crippen LogP contribution >= 0.6 is 0 Å². The van der Waals surface area contributed by atoms with E-state index in [0.29, 0.717) is 5.56 Å². The average Bonchev–Trinajstić information content (AvgIpc) is 2.81. The first kappa shape index (κ1) is 13.0. The van der Waals surface area contributed by atoms with E-state index in [2.05, 4.69) is 10.2 Å². The molecular weight excluding hydrogens is 254 g/mol. The summed E-state index contributed by atoms with van der Waals surface area (Å²) in [4.78, 5) is 25.3. The first-order valence-electron chi connectivity index (χ1n) is 7.04. The lowest BCUT2D eigenvalue weighted by Crippen LogP contribution is -2.43. The van der Waals surface area contributed by atoms with Crippen molar-refractivity contribution < 1.29 is 9.59 Å². The van der Waals surface area contributed by atoms with Crippen molar-refractivity contribution in [3.05, 3.63) is 29.8 Å². The number of primary amides is 1. The Morgan fingerprint density at radius 3 is 2.30 bits per heavy atom. The predicted octanol–water partition coefficient (Wildman–Crippen LogP) is 0.892. The van der Waals surface area contributed by atoms with Gasteiger partial charge in [-0.15, -0.1) is 0 Å². The molecule has 2 heterocycles. The van der Waals surface area contributed by atoms with Crippen LogP contribution in [0.2, 0.25) is 0 Å². The molecule has 2 fully saturated rings. The quantitative estimate of drug-likeness (QED) is 0.840. The van der Waals surface area contributed by atoms with Crippen LogP contribution < -0.4 is 16.0 Å². The highest BCUT2D eigenvalue weighted by Gasteiger charge is 2.44. The molecule has 0 unspecified atom stereocenters. The van der Waals surface area contributed by atoms with E-state index in [4.69, 9.17) is 5.73 Å². The summed E-state index contributed by atoms with van der Waals surface area (Å²) in [5.41, 5.74) is 6.72. The molecule has 2 saturated heterocycles. The highest BCUT2D eigenvalue weighted by molar-refractivity contribution is 5.93. The molecule has 0 aromatic heterocycles. The van der Waals surface area contributed by atoms with Gasteiger partial charge in [0.05, 0.1) is 5.41 Å². The van der Waals surface area contributed by atoms with Gasteiger partial charge in [0.1, 0.15) is 0 Å². The molecule has 5 heteroatoms. The molecular formula is C15H19N3O2. The Hall–Kier alpha value is -2.04. The monoisotopic (exact) mass is 273 g/mol. The number of rotatable bonds is 2. The molecule has 1 aromatic rings. The first-order chi connectivity index (χ1) is 9.61. The van der Waals surface area contributed by atoms with E-state index in [9.17, 15) is 9.59 Å². The van der Waals surface area contributed by atoms with Gasteiger partial charge >= 0.3 is 0 Å². The molecule has 1 spiro atoms. The van der Waals surface area contributed by atoms with Crippen molar-refractivity contribution >= 4 is 17.5 Å². The summed E-state index contributed by atoms with van der Waals surface area (Å²) < 4.78 is 0. The molecule has 2 aliphatic rings. The Bertz CT molecular complexity index is 531. The SMILES string of the molecule is NC(=O)c1ccc(N2CCC3(CCNC3=O)CC2)cc1. The summed E-state index contributed by atoms with van der Waals surface area (Å²) in [5, 5.41) is 2.95. The smallest absolute Gasteiger partial charge is 0.248 e. The number of nitrogens with zero attached hydrogens (tertiary/aromatic N) is 1. The topological polar surface area (TPSA) is 75.4 Å². The second kappa shape index (κ2) is 4.81. The van der Waals surface area contributed by atoms with Gasteiger partial charge in [0.15, 0.2) is 0 Å². The summed E-state index contributed by atoms with van der Waals surface area (Å²) in [7, 11) is 0. The number of hydrogen-bond acceptors (Lipinski definition) is 3. The highest BCUT2D eigenvalue weighted by Crippen LogP contribution is 2.39. The van der Waals surface area contributed by atoms with Crippen molar-refractivity contribution in [3.63, 3.8) is 0 Å². The fourth-order valence-corrected chi connectivity index (χ4v) is 3.22. The van der Waals surface area contributed by atoms with Gasteiger partial charge in [-0.1, -0.05) is 0 Å². The third-order valence-corrected chi connectivity index (χ3v) is 4.61. The summed E-state index contributed by atoms with van der Waals surface area (Å²) >= 11 is 0. The van der Waals surface area contributed by atoms with Crippen LogP contribution in [0.25, 0.3) is 0 Å². The zero-order valence-corrected chi connectivity index (χ0v) is 11.4. The minimum absolute atomic E-state index is 0.135. The summed E-state index contributed by atoms with van der Waals surface area (Å²) in [6.45, 7) is 2.57. The number of amides is 2. The molecule has 3 N–H and O–H groups in total. The molecule has 3 rings (SSSR count). The number of piperidine rings is 1. The lowest BCUT2D eigenvalue weighted by molar-refractivity contribution is -0.128. The van der Waals surface area contributed by atoms with E-state index in [1.165, 1.54) is 0 Å². The van der Waals surface area contributed by atoms with Crippen LogP contribution in [0.5, 0.6) is 0 Å². The summed E-state index contributed by atoms with van der Waals surface area (Å²) in [6, 6.07) is 7.36. The summed E-state index contributed by atoms with van der Waals surface area (Å²) in [5.74, 6) is -0.182. The number of carbonyl (C=O) groups is 2. The highest BCUT2D eigenvalue weighted by atomic mass is 16.2. The van der Waals surface area contributed by atoms with E-state index in [1.54, 1.807) is 12.1 Å². The predicted molar refractivity (Wildman–Crippen MR) is 76.5 cm³/mol. The van der Waals surface area contributed by atoms with Crippen molar-refractivity contribution in [1.29, 1.82) is 0 Å². The van der Waals surface area contributed by atoms with E-state index in [0.717, 1.165) is 44.6 Å². The van der Waals surface area contributed by atoms with Gasteiger partial charge in [0, 0.05) is 30.9 Å². The molecule has 0 radical (unpaired) electrons. The van der Waals surface area contributed by atoms with Gasteiger partial charge in [-0.05, 0) is 43.5 Å². The fraction of sp³-hybridized carbons (Fsp3) is 0.467. The van der Waals surface area contributed by atoms with Crippen molar-refractivity contribution in [3.8, 4) is 0 Å². The van der Waals surface area contributed by atoms with Gasteiger partial charge < -0.3 is 16.0 Å². The number of hydrogen-bond donors (Lipinski definition) is 2. The Labute approximate surface area is 118 Å². The minimum Gasteiger partial charge on any atom is -0.371 e. The van der Waals surface area contributed by atoms with E-state index in [-0.39, 0.29) is 11.3 Å². The van der Waals surface area contributed by atoms with Gasteiger partial charge in [-0.3, -0.25) is 9.59 Å². The van der Waals surface area contributed by atoms with E-state index < -0.39 is 5.91 Å². The second-order valence-electron chi connectivity index (χ2n) is 5.68. The van der Waals surface area contributed by atoms with Gasteiger partial charge in [-0.2, -0.15) is 0 Å². The van der Waals surface area contributed by atoms with Crippen molar-refractivity contribution in [2.45, 2.75) is 19.3 Å². The molecule has 106 valence electrons. The van der Waals surface area contributed by atoms with E-state index >= 15 is 0 Å². The van der Waals surface area contributed by atoms with Crippen molar-refractivity contribution in [1.82, 2.24) is 5.32 Å². The molecule has 1 aromatic carbocycles. The fourth-order valence-electron chi connectivity index (χ4n) is 3.22. The number of carbonyl (C=O) groups excluding carboxylic acids is 2. The van der Waals surface area contributed by atoms with Gasteiger partial charge in [0.2, 0.25) is 11.8 Å². The largest absolute Gasteiger partial charge is 0.371 e. The van der Waals surface area contributed by atoms with Crippen LogP contribution in [0.4, 0.5) is 5.69 Å². The zero-order valence-electron chi connectivity index (χ0n) is 11.4. The Balaban J connectivity index is 1.69. The molecule has 20 heavy (non-hydrogen) atoms. The van der Waals surface area contributed by atoms with Crippen LogP contribution in [0.1, 0.15) is 29.6 Å². The number of benzene rings is 1. The van der Waals surface area contributed by atoms with Crippen LogP contribution in [-0.4, -0.2) is 31.4 Å². The van der Waals surface area contributed by atoms with Crippen LogP contribution in [0.3, 0.4) is 0 Å². The maximum atomic E-state index is 11.9. The van der Waals surface area contributed by atoms with E-state index in [1.807, 2.05) is 12.1 Å². The molecule has 2 amide bonds. The zero-order chi connectivity index (χ0) is 14.2. The van der Waals surface area contributed by atoms with Crippen molar-refractivity contribution in [2.24, 2.45) is 11.1 Å². The molecule has 0 atom stereocenters. The van der Waals surface area contributed by atoms with Gasteiger partial charge in [0.25, 0.3) is 0 Å². The maximum absolute atomic E-state index is 11.9. The normalized spacial score (nSPS) is 21.0. The van der Waals surface area contributed by atoms with Crippen LogP contribution in [0, 0.1) is 5.41 Å². The minimum atomic E-state index is -0.406. The third-order valence-electron chi connectivity index (χ3n) is 4.61. The number of anilines is 1. The van der Waals surface area contributed by atoms with Crippen LogP contribution in [0.15, 0.2) is 24.3 Å². The molecule has 0 aliphatic carbocycles. The number of nitrogens with two attached hydrogens (primary N) is 1. The Kier molecular flexibility index (Phi) is 3.12. The van der Waals surface area contributed by atoms with Crippen molar-refractivity contribution in [2.75, 3.05) is 24.5 Å². The standard InChI is InChI=1S/C15H19N3O2/c16-13(19)11-1-3-12(4-2-11)18-9-6-15(7-10-18)5-8-17-14(15)20/h1-4H,5-10H2,(H2,16,19)(H,17,20).